The molecular formula is C13H12BrFN2O3S. The zero-order chi connectivity index (χ0) is 15.6. The van der Waals surface area contributed by atoms with Crippen molar-refractivity contribution in [1.82, 2.24) is 0 Å². The lowest BCUT2D eigenvalue weighted by molar-refractivity contribution is 0.411. The Balaban J connectivity index is 2.38. The van der Waals surface area contributed by atoms with Crippen molar-refractivity contribution in [1.29, 1.82) is 0 Å². The summed E-state index contributed by atoms with van der Waals surface area (Å²) >= 11 is 3.20. The molecule has 0 aliphatic carbocycles. The van der Waals surface area contributed by atoms with Gasteiger partial charge in [-0.3, -0.25) is 4.72 Å². The van der Waals surface area contributed by atoms with Gasteiger partial charge in [0.1, 0.15) is 11.6 Å². The smallest absolute Gasteiger partial charge is 0.262 e. The van der Waals surface area contributed by atoms with E-state index in [1.54, 1.807) is 0 Å². The van der Waals surface area contributed by atoms with Crippen LogP contribution in [-0.4, -0.2) is 15.5 Å². The van der Waals surface area contributed by atoms with E-state index in [2.05, 4.69) is 20.7 Å². The van der Waals surface area contributed by atoms with Crippen molar-refractivity contribution in [2.75, 3.05) is 17.6 Å². The fraction of sp³-hybridized carbons (Fsp3) is 0.0769. The standard InChI is InChI=1S/C13H12BrFN2O3S/c1-20-13-5-3-9(7-10(13)14)21(18,19)17-12-6-8(16)2-4-11(12)15/h2-7,17H,16H2,1H3. The number of nitrogens with two attached hydrogens (primary N) is 1. The van der Waals surface area contributed by atoms with E-state index in [1.165, 1.54) is 37.4 Å². The Kier molecular flexibility index (Phi) is 4.38. The number of nitrogens with one attached hydrogen (secondary N) is 1. The first-order valence-electron chi connectivity index (χ1n) is 5.75. The molecule has 0 spiro atoms. The predicted octanol–water partition coefficient (Wildman–Crippen LogP) is 2.98. The minimum Gasteiger partial charge on any atom is -0.496 e. The molecule has 112 valence electrons. The molecule has 0 amide bonds. The first-order valence-corrected chi connectivity index (χ1v) is 8.02. The van der Waals surface area contributed by atoms with Crippen molar-refractivity contribution >= 4 is 37.3 Å². The third kappa shape index (κ3) is 3.45. The van der Waals surface area contributed by atoms with Gasteiger partial charge in [0.2, 0.25) is 0 Å². The number of methoxy groups -OCH3 is 1. The quantitative estimate of drug-likeness (QED) is 0.806. The minimum absolute atomic E-state index is 0.0306. The lowest BCUT2D eigenvalue weighted by Crippen LogP contribution is -2.14. The molecule has 0 saturated heterocycles. The van der Waals surface area contributed by atoms with Crippen LogP contribution in [0.3, 0.4) is 0 Å². The molecule has 21 heavy (non-hydrogen) atoms. The molecule has 3 N–H and O–H groups in total. The Labute approximate surface area is 130 Å². The highest BCUT2D eigenvalue weighted by atomic mass is 79.9. The lowest BCUT2D eigenvalue weighted by atomic mass is 10.3. The highest BCUT2D eigenvalue weighted by Gasteiger charge is 2.18. The Morgan fingerprint density at radius 2 is 1.95 bits per heavy atom. The SMILES string of the molecule is COc1ccc(S(=O)(=O)Nc2cc(N)ccc2F)cc1Br. The molecule has 0 aliphatic rings. The molecule has 0 heterocycles. The Morgan fingerprint density at radius 1 is 1.24 bits per heavy atom. The molecule has 8 heteroatoms. The van der Waals surface area contributed by atoms with Gasteiger partial charge in [0.25, 0.3) is 10.0 Å². The van der Waals surface area contributed by atoms with Gasteiger partial charge in [0.15, 0.2) is 0 Å². The van der Waals surface area contributed by atoms with Crippen molar-refractivity contribution in [2.24, 2.45) is 0 Å². The van der Waals surface area contributed by atoms with Crippen LogP contribution >= 0.6 is 15.9 Å². The lowest BCUT2D eigenvalue weighted by Gasteiger charge is -2.11. The number of rotatable bonds is 4. The van der Waals surface area contributed by atoms with E-state index >= 15 is 0 Å². The summed E-state index contributed by atoms with van der Waals surface area (Å²) in [5.41, 5.74) is 5.57. The molecule has 0 aromatic heterocycles. The number of sulfonamides is 1. The van der Waals surface area contributed by atoms with E-state index in [0.29, 0.717) is 10.2 Å². The molecule has 2 aromatic carbocycles. The first kappa shape index (κ1) is 15.6. The van der Waals surface area contributed by atoms with Gasteiger partial charge in [-0.25, -0.2) is 12.8 Å². The van der Waals surface area contributed by atoms with Crippen molar-refractivity contribution < 1.29 is 17.5 Å². The average Bonchev–Trinajstić information content (AvgIpc) is 2.42. The van der Waals surface area contributed by atoms with Gasteiger partial charge in [0.05, 0.1) is 22.2 Å². The Hall–Kier alpha value is -1.80. The van der Waals surface area contributed by atoms with Crippen LogP contribution in [0.2, 0.25) is 0 Å². The van der Waals surface area contributed by atoms with Crippen LogP contribution in [0.25, 0.3) is 0 Å². The van der Waals surface area contributed by atoms with E-state index in [0.717, 1.165) is 6.07 Å². The molecular weight excluding hydrogens is 363 g/mol. The van der Waals surface area contributed by atoms with Crippen molar-refractivity contribution in [3.8, 4) is 5.75 Å². The second-order valence-corrected chi connectivity index (χ2v) is 6.68. The highest BCUT2D eigenvalue weighted by molar-refractivity contribution is 9.10. The summed E-state index contributed by atoms with van der Waals surface area (Å²) < 4.78 is 45.7. The zero-order valence-electron chi connectivity index (χ0n) is 10.9. The summed E-state index contributed by atoms with van der Waals surface area (Å²) in [5, 5.41) is 0. The summed E-state index contributed by atoms with van der Waals surface area (Å²) in [6.45, 7) is 0. The Morgan fingerprint density at radius 3 is 2.57 bits per heavy atom. The number of hydrogen-bond acceptors (Lipinski definition) is 4. The van der Waals surface area contributed by atoms with Crippen molar-refractivity contribution in [3.63, 3.8) is 0 Å². The monoisotopic (exact) mass is 374 g/mol. The van der Waals surface area contributed by atoms with Crippen LogP contribution in [0.1, 0.15) is 0 Å². The Bertz CT molecular complexity index is 781. The maximum Gasteiger partial charge on any atom is 0.262 e. The number of benzene rings is 2. The van der Waals surface area contributed by atoms with Gasteiger partial charge in [-0.2, -0.15) is 0 Å². The molecule has 0 bridgehead atoms. The van der Waals surface area contributed by atoms with Crippen LogP contribution < -0.4 is 15.2 Å². The first-order chi connectivity index (χ1) is 9.83. The van der Waals surface area contributed by atoms with Crippen molar-refractivity contribution in [2.45, 2.75) is 4.90 Å². The largest absolute Gasteiger partial charge is 0.496 e. The molecule has 2 rings (SSSR count). The predicted molar refractivity (Wildman–Crippen MR) is 82.3 cm³/mol. The van der Waals surface area contributed by atoms with E-state index in [9.17, 15) is 12.8 Å². The van der Waals surface area contributed by atoms with Gasteiger partial charge in [-0.15, -0.1) is 0 Å². The molecule has 0 saturated carbocycles. The second-order valence-electron chi connectivity index (χ2n) is 4.14. The van der Waals surface area contributed by atoms with Crippen LogP contribution in [0.5, 0.6) is 5.75 Å². The third-order valence-corrected chi connectivity index (χ3v) is 4.65. The van der Waals surface area contributed by atoms with Crippen LogP contribution in [0, 0.1) is 5.82 Å². The number of anilines is 2. The molecule has 2 aromatic rings. The third-order valence-electron chi connectivity index (χ3n) is 2.67. The molecule has 0 atom stereocenters. The summed E-state index contributed by atoms with van der Waals surface area (Å²) in [6, 6.07) is 7.87. The number of nitrogen functional groups attached to an aromatic ring is 1. The van der Waals surface area contributed by atoms with Gasteiger partial charge in [0, 0.05) is 5.69 Å². The number of ether oxygens (including phenoxy) is 1. The molecule has 0 radical (unpaired) electrons. The summed E-state index contributed by atoms with van der Waals surface area (Å²) in [5.74, 6) is -0.218. The summed E-state index contributed by atoms with van der Waals surface area (Å²) in [6.07, 6.45) is 0. The van der Waals surface area contributed by atoms with Gasteiger partial charge < -0.3 is 10.5 Å². The maximum atomic E-state index is 13.6. The van der Waals surface area contributed by atoms with Gasteiger partial charge >= 0.3 is 0 Å². The zero-order valence-corrected chi connectivity index (χ0v) is 13.3. The number of hydrogen-bond donors (Lipinski definition) is 2. The van der Waals surface area contributed by atoms with E-state index < -0.39 is 15.8 Å². The highest BCUT2D eigenvalue weighted by Crippen LogP contribution is 2.29. The second kappa shape index (κ2) is 5.90. The fourth-order valence-electron chi connectivity index (χ4n) is 1.64. The normalized spacial score (nSPS) is 11.2. The fourth-order valence-corrected chi connectivity index (χ4v) is 3.42. The summed E-state index contributed by atoms with van der Waals surface area (Å²) in [7, 11) is -2.46. The number of halogens is 2. The molecule has 0 unspecified atom stereocenters. The maximum absolute atomic E-state index is 13.6. The molecule has 0 aliphatic heterocycles. The topological polar surface area (TPSA) is 81.4 Å². The molecule has 5 nitrogen and oxygen atoms in total. The van der Waals surface area contributed by atoms with Crippen LogP contribution in [0.15, 0.2) is 45.8 Å². The minimum atomic E-state index is -3.93. The van der Waals surface area contributed by atoms with Gasteiger partial charge in [-0.05, 0) is 52.3 Å². The molecule has 0 fully saturated rings. The van der Waals surface area contributed by atoms with E-state index in [4.69, 9.17) is 10.5 Å². The van der Waals surface area contributed by atoms with E-state index in [-0.39, 0.29) is 16.3 Å². The van der Waals surface area contributed by atoms with Crippen LogP contribution in [-0.2, 0) is 10.0 Å². The van der Waals surface area contributed by atoms with Crippen LogP contribution in [0.4, 0.5) is 15.8 Å². The van der Waals surface area contributed by atoms with Gasteiger partial charge in [-0.1, -0.05) is 0 Å². The van der Waals surface area contributed by atoms with E-state index in [1.807, 2.05) is 0 Å². The summed E-state index contributed by atoms with van der Waals surface area (Å²) in [4.78, 5) is -0.0306. The average molecular weight is 375 g/mol. The van der Waals surface area contributed by atoms with Crippen molar-refractivity contribution in [3.05, 3.63) is 46.7 Å².